The third kappa shape index (κ3) is 3.12. The lowest BCUT2D eigenvalue weighted by Crippen LogP contribution is -2.28. The van der Waals surface area contributed by atoms with Gasteiger partial charge in [0.1, 0.15) is 0 Å². The summed E-state index contributed by atoms with van der Waals surface area (Å²) in [6.07, 6.45) is 1.05. The number of hydrogen-bond acceptors (Lipinski definition) is 1. The maximum Gasteiger partial charge on any atom is 0.219 e. The molecule has 54 valence electrons. The molecule has 0 unspecified atom stereocenters. The van der Waals surface area contributed by atoms with Crippen molar-refractivity contribution in [1.82, 2.24) is 4.90 Å². The van der Waals surface area contributed by atoms with Gasteiger partial charge < -0.3 is 4.90 Å². The van der Waals surface area contributed by atoms with Crippen LogP contribution in [0.1, 0.15) is 27.2 Å². The van der Waals surface area contributed by atoms with Crippen LogP contribution >= 0.6 is 0 Å². The Hall–Kier alpha value is -0.530. The Bertz CT molecular complexity index is 90.9. The van der Waals surface area contributed by atoms with Crippen LogP contribution < -0.4 is 0 Å². The molecule has 0 aliphatic rings. The van der Waals surface area contributed by atoms with E-state index < -0.39 is 0 Å². The van der Waals surface area contributed by atoms with Gasteiger partial charge >= 0.3 is 0 Å². The van der Waals surface area contributed by atoms with Crippen molar-refractivity contribution in [3.05, 3.63) is 0 Å². The normalized spacial score (nSPS) is 9.22. The highest BCUT2D eigenvalue weighted by atomic mass is 16.2. The van der Waals surface area contributed by atoms with E-state index in [0.29, 0.717) is 0 Å². The molecule has 0 saturated heterocycles. The summed E-state index contributed by atoms with van der Waals surface area (Å²) in [7, 11) is 0. The predicted octanol–water partition coefficient (Wildman–Crippen LogP) is 1.26. The third-order valence-electron chi connectivity index (χ3n) is 1.32. The first-order valence-electron chi connectivity index (χ1n) is 3.47. The highest BCUT2D eigenvalue weighted by Gasteiger charge is 2.01. The van der Waals surface area contributed by atoms with Crippen LogP contribution in [0.3, 0.4) is 0 Å². The first-order chi connectivity index (χ1) is 4.22. The number of nitrogens with zero attached hydrogens (tertiary/aromatic N) is 1. The van der Waals surface area contributed by atoms with Crippen molar-refractivity contribution in [2.75, 3.05) is 13.1 Å². The van der Waals surface area contributed by atoms with E-state index in [1.165, 1.54) is 0 Å². The van der Waals surface area contributed by atoms with Crippen LogP contribution in [0.4, 0.5) is 0 Å². The molecule has 1 amide bonds. The maximum absolute atomic E-state index is 10.7. The van der Waals surface area contributed by atoms with E-state index in [-0.39, 0.29) is 5.91 Å². The Kier molecular flexibility index (Phi) is 4.10. The Labute approximate surface area is 56.9 Å². The SMILES string of the molecule is CCCN(CC)C(C)=O. The summed E-state index contributed by atoms with van der Waals surface area (Å²) in [6, 6.07) is 0. The van der Waals surface area contributed by atoms with E-state index >= 15 is 0 Å². The summed E-state index contributed by atoms with van der Waals surface area (Å²) in [4.78, 5) is 12.5. The number of carbonyl (C=O) groups is 1. The minimum atomic E-state index is 0.180. The van der Waals surface area contributed by atoms with Gasteiger partial charge in [0, 0.05) is 20.0 Å². The zero-order chi connectivity index (χ0) is 7.28. The summed E-state index contributed by atoms with van der Waals surface area (Å²) >= 11 is 0. The first kappa shape index (κ1) is 8.47. The minimum Gasteiger partial charge on any atom is -0.343 e. The Morgan fingerprint density at radius 3 is 2.11 bits per heavy atom. The van der Waals surface area contributed by atoms with Crippen molar-refractivity contribution in [3.63, 3.8) is 0 Å². The summed E-state index contributed by atoms with van der Waals surface area (Å²) in [5.74, 6) is 0.180. The second-order valence-electron chi connectivity index (χ2n) is 2.10. The van der Waals surface area contributed by atoms with Crippen LogP contribution in [-0.2, 0) is 4.79 Å². The molecular weight excluding hydrogens is 114 g/mol. The molecule has 0 aromatic heterocycles. The van der Waals surface area contributed by atoms with Crippen molar-refractivity contribution < 1.29 is 4.79 Å². The van der Waals surface area contributed by atoms with Gasteiger partial charge in [-0.1, -0.05) is 6.92 Å². The van der Waals surface area contributed by atoms with Gasteiger partial charge in [0.2, 0.25) is 5.91 Å². The van der Waals surface area contributed by atoms with Gasteiger partial charge in [0.05, 0.1) is 0 Å². The maximum atomic E-state index is 10.7. The second kappa shape index (κ2) is 4.36. The van der Waals surface area contributed by atoms with E-state index in [1.807, 2.05) is 11.8 Å². The van der Waals surface area contributed by atoms with E-state index in [2.05, 4.69) is 6.92 Å². The lowest BCUT2D eigenvalue weighted by Gasteiger charge is -2.16. The molecule has 0 atom stereocenters. The summed E-state index contributed by atoms with van der Waals surface area (Å²) < 4.78 is 0. The number of rotatable bonds is 3. The summed E-state index contributed by atoms with van der Waals surface area (Å²) in [6.45, 7) is 7.41. The Morgan fingerprint density at radius 2 is 2.00 bits per heavy atom. The zero-order valence-corrected chi connectivity index (χ0v) is 6.48. The third-order valence-corrected chi connectivity index (χ3v) is 1.32. The molecule has 0 rings (SSSR count). The van der Waals surface area contributed by atoms with Gasteiger partial charge in [-0.25, -0.2) is 0 Å². The van der Waals surface area contributed by atoms with Crippen LogP contribution in [0.2, 0.25) is 0 Å². The minimum absolute atomic E-state index is 0.180. The fourth-order valence-corrected chi connectivity index (χ4v) is 0.808. The van der Waals surface area contributed by atoms with E-state index in [0.717, 1.165) is 19.5 Å². The Morgan fingerprint density at radius 1 is 1.44 bits per heavy atom. The van der Waals surface area contributed by atoms with Crippen molar-refractivity contribution in [2.24, 2.45) is 0 Å². The molecule has 2 nitrogen and oxygen atoms in total. The largest absolute Gasteiger partial charge is 0.343 e. The van der Waals surface area contributed by atoms with Gasteiger partial charge in [-0.15, -0.1) is 0 Å². The number of carbonyl (C=O) groups excluding carboxylic acids is 1. The molecule has 0 aromatic rings. The van der Waals surface area contributed by atoms with Gasteiger partial charge in [-0.2, -0.15) is 0 Å². The summed E-state index contributed by atoms with van der Waals surface area (Å²) in [5, 5.41) is 0. The molecule has 2 heteroatoms. The fraction of sp³-hybridized carbons (Fsp3) is 0.857. The van der Waals surface area contributed by atoms with Crippen molar-refractivity contribution >= 4 is 5.91 Å². The first-order valence-corrected chi connectivity index (χ1v) is 3.47. The molecule has 0 N–H and O–H groups in total. The lowest BCUT2D eigenvalue weighted by atomic mass is 10.4. The topological polar surface area (TPSA) is 20.3 Å². The van der Waals surface area contributed by atoms with Crippen molar-refractivity contribution in [2.45, 2.75) is 27.2 Å². The number of hydrogen-bond donors (Lipinski definition) is 0. The Balaban J connectivity index is 3.54. The molecule has 0 fully saturated rings. The van der Waals surface area contributed by atoms with Gasteiger partial charge in [0.25, 0.3) is 0 Å². The van der Waals surface area contributed by atoms with Crippen LogP contribution in [-0.4, -0.2) is 23.9 Å². The average molecular weight is 129 g/mol. The standard InChI is InChI=1S/C7H15NO/c1-4-6-8(5-2)7(3)9/h4-6H2,1-3H3. The predicted molar refractivity (Wildman–Crippen MR) is 38.2 cm³/mol. The molecule has 0 aliphatic heterocycles. The van der Waals surface area contributed by atoms with Crippen LogP contribution in [0.25, 0.3) is 0 Å². The molecule has 0 spiro atoms. The molecule has 0 aromatic carbocycles. The molecule has 0 bridgehead atoms. The van der Waals surface area contributed by atoms with Gasteiger partial charge in [-0.3, -0.25) is 4.79 Å². The zero-order valence-electron chi connectivity index (χ0n) is 6.48. The van der Waals surface area contributed by atoms with Crippen LogP contribution in [0.15, 0.2) is 0 Å². The smallest absolute Gasteiger partial charge is 0.219 e. The quantitative estimate of drug-likeness (QED) is 0.562. The highest BCUT2D eigenvalue weighted by Crippen LogP contribution is 1.89. The molecule has 9 heavy (non-hydrogen) atoms. The second-order valence-corrected chi connectivity index (χ2v) is 2.10. The number of amides is 1. The van der Waals surface area contributed by atoms with Crippen molar-refractivity contribution in [1.29, 1.82) is 0 Å². The van der Waals surface area contributed by atoms with Gasteiger partial charge in [0.15, 0.2) is 0 Å². The molecular formula is C7H15NO. The van der Waals surface area contributed by atoms with Gasteiger partial charge in [-0.05, 0) is 13.3 Å². The summed E-state index contributed by atoms with van der Waals surface area (Å²) in [5.41, 5.74) is 0. The molecule has 0 saturated carbocycles. The molecule has 0 heterocycles. The van der Waals surface area contributed by atoms with E-state index in [9.17, 15) is 4.79 Å². The highest BCUT2D eigenvalue weighted by molar-refractivity contribution is 5.73. The van der Waals surface area contributed by atoms with Crippen LogP contribution in [0.5, 0.6) is 0 Å². The molecule has 0 radical (unpaired) electrons. The fourth-order valence-electron chi connectivity index (χ4n) is 0.808. The average Bonchev–Trinajstić information content (AvgIpc) is 1.82. The lowest BCUT2D eigenvalue weighted by molar-refractivity contribution is -0.128. The van der Waals surface area contributed by atoms with E-state index in [1.54, 1.807) is 6.92 Å². The van der Waals surface area contributed by atoms with Crippen LogP contribution in [0, 0.1) is 0 Å². The van der Waals surface area contributed by atoms with E-state index in [4.69, 9.17) is 0 Å². The monoisotopic (exact) mass is 129 g/mol. The van der Waals surface area contributed by atoms with Crippen molar-refractivity contribution in [3.8, 4) is 0 Å². The molecule has 0 aliphatic carbocycles.